The van der Waals surface area contributed by atoms with E-state index < -0.39 is 6.10 Å². The van der Waals surface area contributed by atoms with Crippen LogP contribution in [0.4, 0.5) is 4.39 Å². The predicted molar refractivity (Wildman–Crippen MR) is 73.3 cm³/mol. The highest BCUT2D eigenvalue weighted by atomic mass is 32.2. The van der Waals surface area contributed by atoms with Crippen molar-refractivity contribution in [2.45, 2.75) is 17.4 Å². The Morgan fingerprint density at radius 3 is 2.33 bits per heavy atom. The van der Waals surface area contributed by atoms with Crippen LogP contribution >= 0.6 is 11.8 Å². The van der Waals surface area contributed by atoms with Crippen molar-refractivity contribution in [1.82, 2.24) is 0 Å². The van der Waals surface area contributed by atoms with Gasteiger partial charge in [0.05, 0.1) is 6.10 Å². The van der Waals surface area contributed by atoms with Crippen molar-refractivity contribution in [3.05, 3.63) is 66.0 Å². The molecule has 3 heteroatoms. The number of benzene rings is 2. The van der Waals surface area contributed by atoms with Crippen LogP contribution in [-0.4, -0.2) is 17.0 Å². The monoisotopic (exact) mass is 262 g/mol. The van der Waals surface area contributed by atoms with Crippen molar-refractivity contribution in [3.8, 4) is 0 Å². The van der Waals surface area contributed by atoms with Crippen molar-refractivity contribution in [1.29, 1.82) is 0 Å². The third-order valence-electron chi connectivity index (χ3n) is 2.57. The van der Waals surface area contributed by atoms with Crippen LogP contribution in [0.5, 0.6) is 0 Å². The van der Waals surface area contributed by atoms with Gasteiger partial charge in [0, 0.05) is 10.6 Å². The van der Waals surface area contributed by atoms with Gasteiger partial charge < -0.3 is 5.11 Å². The van der Waals surface area contributed by atoms with E-state index in [2.05, 4.69) is 0 Å². The molecule has 1 nitrogen and oxygen atoms in total. The first-order chi connectivity index (χ1) is 8.74. The predicted octanol–water partition coefficient (Wildman–Crippen LogP) is 3.52. The molecule has 1 atom stereocenters. The molecule has 0 radical (unpaired) electrons. The molecule has 0 bridgehead atoms. The third-order valence-corrected chi connectivity index (χ3v) is 3.73. The number of hydrogen-bond acceptors (Lipinski definition) is 2. The number of rotatable bonds is 5. The summed E-state index contributed by atoms with van der Waals surface area (Å²) in [6.07, 6.45) is 0.140. The molecule has 2 aromatic rings. The summed E-state index contributed by atoms with van der Waals surface area (Å²) in [6.45, 7) is 0. The summed E-state index contributed by atoms with van der Waals surface area (Å²) in [5.74, 6) is 0.397. The molecule has 0 aromatic heterocycles. The van der Waals surface area contributed by atoms with Crippen molar-refractivity contribution in [3.63, 3.8) is 0 Å². The number of hydrogen-bond donors (Lipinski definition) is 1. The lowest BCUT2D eigenvalue weighted by Gasteiger charge is -2.10. The minimum Gasteiger partial charge on any atom is -0.392 e. The zero-order valence-corrected chi connectivity index (χ0v) is 10.7. The van der Waals surface area contributed by atoms with Crippen LogP contribution in [0, 0.1) is 5.82 Å². The first-order valence-electron chi connectivity index (χ1n) is 5.84. The molecule has 0 saturated carbocycles. The second-order valence-corrected chi connectivity index (χ2v) is 5.20. The van der Waals surface area contributed by atoms with Crippen LogP contribution in [0.3, 0.4) is 0 Å². The van der Waals surface area contributed by atoms with Crippen LogP contribution in [0.15, 0.2) is 59.5 Å². The Hall–Kier alpha value is -1.32. The maximum absolute atomic E-state index is 12.7. The van der Waals surface area contributed by atoms with Gasteiger partial charge in [-0.1, -0.05) is 30.3 Å². The van der Waals surface area contributed by atoms with Gasteiger partial charge in [-0.3, -0.25) is 0 Å². The minimum atomic E-state index is -0.416. The Labute approximate surface area is 111 Å². The van der Waals surface area contributed by atoms with E-state index in [1.54, 1.807) is 23.9 Å². The van der Waals surface area contributed by atoms with Crippen LogP contribution in [0.1, 0.15) is 5.56 Å². The van der Waals surface area contributed by atoms with E-state index in [1.807, 2.05) is 30.3 Å². The number of aliphatic hydroxyl groups excluding tert-OH is 1. The first kappa shape index (κ1) is 13.1. The third kappa shape index (κ3) is 4.17. The molecule has 1 N–H and O–H groups in total. The molecule has 0 spiro atoms. The van der Waals surface area contributed by atoms with E-state index in [1.165, 1.54) is 12.1 Å². The molecule has 0 aliphatic heterocycles. The molecule has 2 aromatic carbocycles. The van der Waals surface area contributed by atoms with Gasteiger partial charge in [-0.2, -0.15) is 0 Å². The van der Waals surface area contributed by atoms with Crippen molar-refractivity contribution < 1.29 is 9.50 Å². The SMILES string of the molecule is OC(CSc1ccccc1)Cc1ccc(F)cc1. The van der Waals surface area contributed by atoms with Crippen LogP contribution in [0.25, 0.3) is 0 Å². The lowest BCUT2D eigenvalue weighted by atomic mass is 10.1. The van der Waals surface area contributed by atoms with Crippen molar-refractivity contribution >= 4 is 11.8 Å². The average molecular weight is 262 g/mol. The summed E-state index contributed by atoms with van der Waals surface area (Å²) in [6, 6.07) is 16.3. The molecule has 2 rings (SSSR count). The van der Waals surface area contributed by atoms with Gasteiger partial charge in [-0.15, -0.1) is 11.8 Å². The summed E-state index contributed by atoms with van der Waals surface area (Å²) in [7, 11) is 0. The number of halogens is 1. The van der Waals surface area contributed by atoms with Gasteiger partial charge in [0.15, 0.2) is 0 Å². The van der Waals surface area contributed by atoms with Gasteiger partial charge in [0.25, 0.3) is 0 Å². The molecule has 94 valence electrons. The van der Waals surface area contributed by atoms with Gasteiger partial charge >= 0.3 is 0 Å². The van der Waals surface area contributed by atoms with E-state index in [-0.39, 0.29) is 5.82 Å². The van der Waals surface area contributed by atoms with E-state index in [9.17, 15) is 9.50 Å². The fourth-order valence-electron chi connectivity index (χ4n) is 1.66. The number of aliphatic hydroxyl groups is 1. The normalized spacial score (nSPS) is 12.3. The smallest absolute Gasteiger partial charge is 0.123 e. The largest absolute Gasteiger partial charge is 0.392 e. The average Bonchev–Trinajstić information content (AvgIpc) is 2.40. The molecule has 0 saturated heterocycles. The molecule has 0 amide bonds. The first-order valence-corrected chi connectivity index (χ1v) is 6.83. The van der Waals surface area contributed by atoms with Gasteiger partial charge in [-0.05, 0) is 36.2 Å². The summed E-state index contributed by atoms with van der Waals surface area (Å²) in [5.41, 5.74) is 0.956. The Balaban J connectivity index is 1.82. The zero-order valence-electron chi connectivity index (χ0n) is 9.92. The van der Waals surface area contributed by atoms with E-state index in [4.69, 9.17) is 0 Å². The van der Waals surface area contributed by atoms with Crippen LogP contribution in [-0.2, 0) is 6.42 Å². The summed E-state index contributed by atoms with van der Waals surface area (Å²) >= 11 is 1.63. The van der Waals surface area contributed by atoms with E-state index in [0.29, 0.717) is 12.2 Å². The zero-order chi connectivity index (χ0) is 12.8. The summed E-state index contributed by atoms with van der Waals surface area (Å²) in [5, 5.41) is 9.92. The van der Waals surface area contributed by atoms with E-state index in [0.717, 1.165) is 10.5 Å². The highest BCUT2D eigenvalue weighted by Crippen LogP contribution is 2.19. The highest BCUT2D eigenvalue weighted by molar-refractivity contribution is 7.99. The molecular weight excluding hydrogens is 247 g/mol. The standard InChI is InChI=1S/C15H15FOS/c16-13-8-6-12(7-9-13)10-14(17)11-18-15-4-2-1-3-5-15/h1-9,14,17H,10-11H2. The van der Waals surface area contributed by atoms with Crippen molar-refractivity contribution in [2.75, 3.05) is 5.75 Å². The Morgan fingerprint density at radius 2 is 1.67 bits per heavy atom. The summed E-state index contributed by atoms with van der Waals surface area (Å²) in [4.78, 5) is 1.15. The second kappa shape index (κ2) is 6.57. The summed E-state index contributed by atoms with van der Waals surface area (Å²) < 4.78 is 12.7. The van der Waals surface area contributed by atoms with Crippen molar-refractivity contribution in [2.24, 2.45) is 0 Å². The molecule has 0 heterocycles. The molecule has 1 unspecified atom stereocenters. The highest BCUT2D eigenvalue weighted by Gasteiger charge is 2.06. The molecule has 0 aliphatic rings. The molecular formula is C15H15FOS. The van der Waals surface area contributed by atoms with Gasteiger partial charge in [0.2, 0.25) is 0 Å². The molecule has 0 aliphatic carbocycles. The Bertz CT molecular complexity index is 470. The quantitative estimate of drug-likeness (QED) is 0.832. The minimum absolute atomic E-state index is 0.244. The maximum atomic E-state index is 12.7. The van der Waals surface area contributed by atoms with Gasteiger partial charge in [-0.25, -0.2) is 4.39 Å². The van der Waals surface area contributed by atoms with E-state index >= 15 is 0 Å². The van der Waals surface area contributed by atoms with Gasteiger partial charge in [0.1, 0.15) is 5.82 Å². The fraction of sp³-hybridized carbons (Fsp3) is 0.200. The lowest BCUT2D eigenvalue weighted by molar-refractivity contribution is 0.200. The molecule has 0 fully saturated rings. The Kier molecular flexibility index (Phi) is 4.79. The lowest BCUT2D eigenvalue weighted by Crippen LogP contribution is -2.13. The second-order valence-electron chi connectivity index (χ2n) is 4.11. The van der Waals surface area contributed by atoms with Crippen LogP contribution < -0.4 is 0 Å². The number of thioether (sulfide) groups is 1. The van der Waals surface area contributed by atoms with Crippen LogP contribution in [0.2, 0.25) is 0 Å². The molecule has 18 heavy (non-hydrogen) atoms. The maximum Gasteiger partial charge on any atom is 0.123 e. The topological polar surface area (TPSA) is 20.2 Å². The fourth-order valence-corrected chi connectivity index (χ4v) is 2.51. The Morgan fingerprint density at radius 1 is 1.00 bits per heavy atom.